The van der Waals surface area contributed by atoms with Crippen molar-refractivity contribution < 1.29 is 4.74 Å². The second-order valence-electron chi connectivity index (χ2n) is 2.92. The molecule has 0 unspecified atom stereocenters. The largest absolute Gasteiger partial charge is 0.496 e. The van der Waals surface area contributed by atoms with Crippen LogP contribution >= 0.6 is 11.6 Å². The molecule has 0 bridgehead atoms. The molecular formula is C11H10ClNO. The zero-order chi connectivity index (χ0) is 9.97. The summed E-state index contributed by atoms with van der Waals surface area (Å²) in [5, 5.41) is 0.703. The topological polar surface area (TPSA) is 25.0 Å². The van der Waals surface area contributed by atoms with E-state index < -0.39 is 0 Å². The Bertz CT molecular complexity index is 436. The number of para-hydroxylation sites is 1. The van der Waals surface area contributed by atoms with E-state index in [1.165, 1.54) is 0 Å². The highest BCUT2D eigenvalue weighted by atomic mass is 35.5. The molecule has 0 amide bonds. The summed E-state index contributed by atoms with van der Waals surface area (Å²) in [6.45, 7) is 0. The van der Waals surface area contributed by atoms with Crippen molar-refractivity contribution in [2.75, 3.05) is 7.11 Å². The van der Waals surface area contributed by atoms with Crippen molar-refractivity contribution in [3.63, 3.8) is 0 Å². The van der Waals surface area contributed by atoms with Gasteiger partial charge < -0.3 is 9.72 Å². The van der Waals surface area contributed by atoms with Crippen LogP contribution in [0.3, 0.4) is 0 Å². The number of nitrogens with one attached hydrogen (secondary N) is 1. The van der Waals surface area contributed by atoms with Gasteiger partial charge in [0, 0.05) is 23.5 Å². The second kappa shape index (κ2) is 3.76. The molecule has 0 saturated carbocycles. The quantitative estimate of drug-likeness (QED) is 0.803. The normalized spacial score (nSPS) is 10.1. The van der Waals surface area contributed by atoms with Gasteiger partial charge in [0.15, 0.2) is 0 Å². The van der Waals surface area contributed by atoms with Crippen LogP contribution in [0.1, 0.15) is 0 Å². The van der Waals surface area contributed by atoms with Gasteiger partial charge in [-0.3, -0.25) is 0 Å². The van der Waals surface area contributed by atoms with Gasteiger partial charge in [-0.05, 0) is 6.07 Å². The number of rotatable bonds is 2. The van der Waals surface area contributed by atoms with Gasteiger partial charge >= 0.3 is 0 Å². The van der Waals surface area contributed by atoms with Crippen LogP contribution in [0.2, 0.25) is 5.02 Å². The van der Waals surface area contributed by atoms with Crippen molar-refractivity contribution in [1.29, 1.82) is 0 Å². The van der Waals surface area contributed by atoms with E-state index in [1.54, 1.807) is 13.3 Å². The van der Waals surface area contributed by atoms with Crippen LogP contribution in [-0.4, -0.2) is 12.1 Å². The number of halogens is 1. The molecule has 2 aromatic rings. The molecule has 2 rings (SSSR count). The lowest BCUT2D eigenvalue weighted by molar-refractivity contribution is 0.416. The second-order valence-corrected chi connectivity index (χ2v) is 3.32. The molecular weight excluding hydrogens is 198 g/mol. The molecule has 0 radical (unpaired) electrons. The molecule has 2 nitrogen and oxygen atoms in total. The Labute approximate surface area is 87.5 Å². The zero-order valence-electron chi connectivity index (χ0n) is 7.75. The summed E-state index contributed by atoms with van der Waals surface area (Å²) in [6.07, 6.45) is 3.61. The third-order valence-electron chi connectivity index (χ3n) is 2.09. The maximum absolute atomic E-state index is 6.02. The molecule has 0 spiro atoms. The van der Waals surface area contributed by atoms with Gasteiger partial charge in [-0.15, -0.1) is 0 Å². The Morgan fingerprint density at radius 2 is 1.93 bits per heavy atom. The lowest BCUT2D eigenvalue weighted by Gasteiger charge is -2.06. The Morgan fingerprint density at radius 1 is 1.14 bits per heavy atom. The van der Waals surface area contributed by atoms with Gasteiger partial charge in [-0.2, -0.15) is 0 Å². The first-order valence-electron chi connectivity index (χ1n) is 4.28. The van der Waals surface area contributed by atoms with Crippen LogP contribution in [0.4, 0.5) is 0 Å². The third kappa shape index (κ3) is 1.49. The minimum absolute atomic E-state index is 0.703. The van der Waals surface area contributed by atoms with Crippen molar-refractivity contribution in [2.24, 2.45) is 0 Å². The van der Waals surface area contributed by atoms with Crippen molar-refractivity contribution in [3.8, 4) is 16.9 Å². The van der Waals surface area contributed by atoms with E-state index in [4.69, 9.17) is 16.3 Å². The van der Waals surface area contributed by atoms with Gasteiger partial charge in [-0.1, -0.05) is 29.8 Å². The Kier molecular flexibility index (Phi) is 2.46. The van der Waals surface area contributed by atoms with Crippen LogP contribution in [-0.2, 0) is 0 Å². The molecule has 3 heteroatoms. The van der Waals surface area contributed by atoms with E-state index in [1.807, 2.05) is 30.5 Å². The average molecular weight is 208 g/mol. The predicted molar refractivity (Wildman–Crippen MR) is 57.8 cm³/mol. The van der Waals surface area contributed by atoms with E-state index in [0.717, 1.165) is 16.9 Å². The minimum atomic E-state index is 0.703. The Morgan fingerprint density at radius 3 is 2.57 bits per heavy atom. The van der Waals surface area contributed by atoms with Gasteiger partial charge in [0.1, 0.15) is 5.75 Å². The maximum atomic E-state index is 6.02. The smallest absolute Gasteiger partial charge is 0.126 e. The minimum Gasteiger partial charge on any atom is -0.496 e. The van der Waals surface area contributed by atoms with Gasteiger partial charge in [0.25, 0.3) is 0 Å². The number of aromatic nitrogens is 1. The summed E-state index contributed by atoms with van der Waals surface area (Å²) >= 11 is 6.02. The van der Waals surface area contributed by atoms with E-state index >= 15 is 0 Å². The molecule has 1 aromatic heterocycles. The summed E-state index contributed by atoms with van der Waals surface area (Å²) in [5.41, 5.74) is 1.96. The molecule has 1 heterocycles. The van der Waals surface area contributed by atoms with Gasteiger partial charge in [0.2, 0.25) is 0 Å². The summed E-state index contributed by atoms with van der Waals surface area (Å²) in [6, 6.07) is 7.79. The van der Waals surface area contributed by atoms with Gasteiger partial charge in [0.05, 0.1) is 12.1 Å². The summed E-state index contributed by atoms with van der Waals surface area (Å²) in [4.78, 5) is 2.96. The molecule has 0 atom stereocenters. The predicted octanol–water partition coefficient (Wildman–Crippen LogP) is 3.34. The van der Waals surface area contributed by atoms with E-state index in [9.17, 15) is 0 Å². The summed E-state index contributed by atoms with van der Waals surface area (Å²) in [5.74, 6) is 0.828. The fraction of sp³-hybridized carbons (Fsp3) is 0.0909. The molecule has 0 saturated heterocycles. The number of benzene rings is 1. The SMILES string of the molecule is COc1ccccc1-c1c[nH]cc1Cl. The third-order valence-corrected chi connectivity index (χ3v) is 2.40. The monoisotopic (exact) mass is 207 g/mol. The number of aromatic amines is 1. The molecule has 1 N–H and O–H groups in total. The highest BCUT2D eigenvalue weighted by molar-refractivity contribution is 6.33. The highest BCUT2D eigenvalue weighted by Gasteiger charge is 2.08. The Hall–Kier alpha value is -1.41. The lowest BCUT2D eigenvalue weighted by Crippen LogP contribution is -1.86. The fourth-order valence-electron chi connectivity index (χ4n) is 1.42. The van der Waals surface area contributed by atoms with E-state index in [2.05, 4.69) is 4.98 Å². The first-order valence-corrected chi connectivity index (χ1v) is 4.66. The molecule has 0 aliphatic heterocycles. The summed E-state index contributed by atoms with van der Waals surface area (Å²) in [7, 11) is 1.65. The average Bonchev–Trinajstić information content (AvgIpc) is 2.64. The first-order chi connectivity index (χ1) is 6.83. The first kappa shape index (κ1) is 9.16. The number of ether oxygens (including phenoxy) is 1. The van der Waals surface area contributed by atoms with Crippen molar-refractivity contribution >= 4 is 11.6 Å². The Balaban J connectivity index is 2.56. The number of methoxy groups -OCH3 is 1. The fourth-order valence-corrected chi connectivity index (χ4v) is 1.64. The molecule has 0 aliphatic rings. The van der Waals surface area contributed by atoms with E-state index in [-0.39, 0.29) is 0 Å². The molecule has 72 valence electrons. The molecule has 0 fully saturated rings. The number of H-pyrrole nitrogens is 1. The van der Waals surface area contributed by atoms with Crippen LogP contribution in [0, 0.1) is 0 Å². The van der Waals surface area contributed by atoms with Crippen LogP contribution in [0.15, 0.2) is 36.7 Å². The lowest BCUT2D eigenvalue weighted by atomic mass is 10.1. The number of hydrogen-bond acceptors (Lipinski definition) is 1. The highest BCUT2D eigenvalue weighted by Crippen LogP contribution is 2.33. The van der Waals surface area contributed by atoms with Crippen molar-refractivity contribution in [2.45, 2.75) is 0 Å². The van der Waals surface area contributed by atoms with Crippen LogP contribution < -0.4 is 4.74 Å². The van der Waals surface area contributed by atoms with Gasteiger partial charge in [-0.25, -0.2) is 0 Å². The van der Waals surface area contributed by atoms with Crippen LogP contribution in [0.5, 0.6) is 5.75 Å². The summed E-state index contributed by atoms with van der Waals surface area (Å²) < 4.78 is 5.25. The molecule has 0 aliphatic carbocycles. The zero-order valence-corrected chi connectivity index (χ0v) is 8.51. The van der Waals surface area contributed by atoms with E-state index in [0.29, 0.717) is 5.02 Å². The molecule has 1 aromatic carbocycles. The van der Waals surface area contributed by atoms with Crippen molar-refractivity contribution in [3.05, 3.63) is 41.7 Å². The van der Waals surface area contributed by atoms with Crippen LogP contribution in [0.25, 0.3) is 11.1 Å². The number of hydrogen-bond donors (Lipinski definition) is 1. The molecule has 14 heavy (non-hydrogen) atoms. The maximum Gasteiger partial charge on any atom is 0.126 e. The standard InChI is InChI=1S/C11H10ClNO/c1-14-11-5-3-2-4-8(11)9-6-13-7-10(9)12/h2-7,13H,1H3. The van der Waals surface area contributed by atoms with Crippen molar-refractivity contribution in [1.82, 2.24) is 4.98 Å².